The van der Waals surface area contributed by atoms with Gasteiger partial charge >= 0.3 is 0 Å². The van der Waals surface area contributed by atoms with E-state index in [1.165, 1.54) is 8.61 Å². The fraction of sp³-hybridized carbons (Fsp3) is 0.170. The van der Waals surface area contributed by atoms with Crippen molar-refractivity contribution in [3.05, 3.63) is 396 Å². The van der Waals surface area contributed by atoms with E-state index >= 15 is 0 Å². The topological polar surface area (TPSA) is 210 Å². The van der Waals surface area contributed by atoms with Gasteiger partial charge in [0.1, 0.15) is 46.0 Å². The molecule has 4 heterocycles. The minimum atomic E-state index is -4.01. The molecule has 676 valence electrons. The molecule has 12 aromatic carbocycles. The van der Waals surface area contributed by atoms with E-state index in [9.17, 15) is 16.8 Å². The largest absolute Gasteiger partial charge is 0.497 e. The summed E-state index contributed by atoms with van der Waals surface area (Å²) in [6.07, 6.45) is 11.0. The fourth-order valence-electron chi connectivity index (χ4n) is 15.3. The zero-order valence-corrected chi connectivity index (χ0v) is 80.2. The highest BCUT2D eigenvalue weighted by molar-refractivity contribution is 14.1. The number of aromatic amines is 1. The van der Waals surface area contributed by atoms with E-state index in [1.54, 1.807) is 124 Å². The molecule has 0 atom stereocenters. The molecule has 133 heavy (non-hydrogen) atoms. The van der Waals surface area contributed by atoms with Crippen LogP contribution in [-0.4, -0.2) is 102 Å². The van der Waals surface area contributed by atoms with E-state index < -0.39 is 20.0 Å². The second-order valence-corrected chi connectivity index (χ2v) is 37.1. The fourth-order valence-corrected chi connectivity index (χ4v) is 19.2. The highest BCUT2D eigenvalue weighted by Crippen LogP contribution is 2.45. The number of aryl methyl sites for hydroxylation is 2. The Morgan fingerprint density at radius 1 is 0.361 bits per heavy atom. The van der Waals surface area contributed by atoms with Gasteiger partial charge in [0.2, 0.25) is 20.0 Å². The molecule has 22 nitrogen and oxygen atoms in total. The number of halogens is 3. The molecule has 4 aromatic heterocycles. The van der Waals surface area contributed by atoms with Gasteiger partial charge < -0.3 is 57.2 Å². The van der Waals surface area contributed by atoms with Crippen LogP contribution in [0.3, 0.4) is 0 Å². The molecule has 0 unspecified atom stereocenters. The number of anilines is 2. The number of nitrogens with one attached hydrogen (secondary N) is 1. The average molecular weight is 1960 g/mol. The Bertz CT molecular complexity index is 6840. The molecule has 0 fully saturated rings. The number of H-pyrrole nitrogens is 1. The molecular weight excluding hydrogens is 1870 g/mol. The minimum Gasteiger partial charge on any atom is -0.497 e. The summed E-state index contributed by atoms with van der Waals surface area (Å²) < 4.78 is 104. The van der Waals surface area contributed by atoms with Gasteiger partial charge in [-0.25, -0.2) is 26.5 Å². The molecule has 0 saturated heterocycles. The van der Waals surface area contributed by atoms with Gasteiger partial charge in [0, 0.05) is 114 Å². The van der Waals surface area contributed by atoms with E-state index in [2.05, 4.69) is 76.3 Å². The zero-order chi connectivity index (χ0) is 93.9. The van der Waals surface area contributed by atoms with Crippen molar-refractivity contribution in [1.82, 2.24) is 28.1 Å². The van der Waals surface area contributed by atoms with Gasteiger partial charge in [0.05, 0.1) is 119 Å². The van der Waals surface area contributed by atoms with Crippen molar-refractivity contribution in [3.63, 3.8) is 0 Å². The first-order chi connectivity index (χ1) is 64.4. The quantitative estimate of drug-likeness (QED) is 0.0299. The van der Waals surface area contributed by atoms with Crippen LogP contribution in [0.15, 0.2) is 314 Å². The summed E-state index contributed by atoms with van der Waals surface area (Å²) in [5.74, 6) is 5.98. The number of hydrogen-bond donors (Lipinski definition) is 1. The number of pyridine rings is 2. The Hall–Kier alpha value is -13.9. The maximum Gasteiger partial charge on any atom is 0.243 e. The molecule has 27 heteroatoms. The molecule has 0 amide bonds. The van der Waals surface area contributed by atoms with Crippen LogP contribution in [0.25, 0.3) is 59.4 Å². The minimum absolute atomic E-state index is 0.139. The van der Waals surface area contributed by atoms with E-state index in [1.807, 2.05) is 231 Å². The second-order valence-electron chi connectivity index (χ2n) is 31.2. The maximum absolute atomic E-state index is 14.6. The number of nitrogens with zero attached hydrogens (tertiary/aromatic N) is 9. The summed E-state index contributed by atoms with van der Waals surface area (Å²) in [6, 6.07) is 83.0. The highest BCUT2D eigenvalue weighted by atomic mass is 127. The van der Waals surface area contributed by atoms with Crippen molar-refractivity contribution in [2.45, 2.75) is 76.0 Å². The molecule has 0 bridgehead atoms. The second kappa shape index (κ2) is 43.9. The maximum atomic E-state index is 14.6. The van der Waals surface area contributed by atoms with Crippen molar-refractivity contribution in [1.29, 1.82) is 0 Å². The molecular formula is C106H97Cl2IN10O12S2. The summed E-state index contributed by atoms with van der Waals surface area (Å²) in [6.45, 7) is 22.5. The predicted octanol–water partition coefficient (Wildman–Crippen LogP) is 24.5. The molecule has 0 aliphatic carbocycles. The van der Waals surface area contributed by atoms with Crippen molar-refractivity contribution >= 4 is 110 Å². The summed E-state index contributed by atoms with van der Waals surface area (Å²) in [7, 11) is 5.32. The third kappa shape index (κ3) is 23.0. The van der Waals surface area contributed by atoms with Gasteiger partial charge in [0.15, 0.2) is 11.4 Å². The van der Waals surface area contributed by atoms with E-state index in [0.717, 1.165) is 149 Å². The Morgan fingerprint density at radius 3 is 0.955 bits per heavy atom. The lowest BCUT2D eigenvalue weighted by Gasteiger charge is -2.27. The van der Waals surface area contributed by atoms with Gasteiger partial charge in [0.25, 0.3) is 0 Å². The Morgan fingerprint density at radius 2 is 0.647 bits per heavy atom. The van der Waals surface area contributed by atoms with Crippen molar-refractivity contribution < 1.29 is 54.7 Å². The van der Waals surface area contributed by atoms with Crippen molar-refractivity contribution in [2.24, 2.45) is 0 Å². The van der Waals surface area contributed by atoms with Crippen LogP contribution in [0, 0.1) is 30.6 Å². The highest BCUT2D eigenvalue weighted by Gasteiger charge is 2.30. The van der Waals surface area contributed by atoms with Crippen molar-refractivity contribution in [2.75, 3.05) is 66.7 Å². The number of rotatable bonds is 33. The van der Waals surface area contributed by atoms with Crippen LogP contribution >= 0.6 is 45.8 Å². The van der Waals surface area contributed by atoms with E-state index in [-0.39, 0.29) is 36.0 Å². The van der Waals surface area contributed by atoms with Gasteiger partial charge in [-0.2, -0.15) is 8.61 Å². The number of benzene rings is 12. The molecule has 16 aromatic rings. The molecule has 0 radical (unpaired) electrons. The van der Waals surface area contributed by atoms with Crippen LogP contribution in [0.1, 0.15) is 55.6 Å². The number of hydrogen-bond acceptors (Lipinski definition) is 16. The summed E-state index contributed by atoms with van der Waals surface area (Å²) >= 11 is 16.8. The third-order valence-electron chi connectivity index (χ3n) is 22.8. The van der Waals surface area contributed by atoms with Crippen LogP contribution in [0.2, 0.25) is 10.0 Å². The molecule has 16 rings (SSSR count). The Balaban J connectivity index is 0.000000178. The number of ether oxygens (including phenoxy) is 8. The summed E-state index contributed by atoms with van der Waals surface area (Å²) in [5, 5.41) is 2.84. The standard InChI is InChI=1S/C53H48ClN5O6S.C31H27ClN4O2.C22H22INO4S/c1-36-27-51-47(28-50(36)55-2)49(48-29-56-30-52(53(48)54)57(31-37-7-17-42(62-3)18-8-37)32-38-9-19-43(63-4)20-10-38)35-59(51)41-15-25-46(26-16-41)66(60,61)58(33-39-11-21-44(64-5)22-12-39)34-40-13-23-45(65-6)24-14-40;1-20-13-29-25(14-28(20)33-2)26(16-35-29)27-15-34-17-30(31(27)32)36(18-21-5-9-23(37-3)10-6-21)19-22-7-11-24(38-4)12-8-22;1-27-20-9-3-17(4-10-20)15-24(16-18-5-11-21(28-2)12-6-18)29(25,26)22-13-7-19(23)8-14-22/h7-30,35H,31-34H2,1,3-6H3;5-17,35H,18-19H2,1,3-4H3;3-14H,15-16H2,1-2H3. The molecule has 0 aliphatic rings. The van der Waals surface area contributed by atoms with Gasteiger partial charge in [-0.05, 0) is 273 Å². The first kappa shape index (κ1) is 95.2. The number of aromatic nitrogens is 4. The normalized spacial score (nSPS) is 11.2. The lowest BCUT2D eigenvalue weighted by molar-refractivity contribution is 0.397. The van der Waals surface area contributed by atoms with Crippen LogP contribution < -0.4 is 47.7 Å². The predicted molar refractivity (Wildman–Crippen MR) is 536 cm³/mol. The number of fused-ring (bicyclic) bond motifs is 2. The lowest BCUT2D eigenvalue weighted by atomic mass is 10.0. The molecule has 0 saturated carbocycles. The van der Waals surface area contributed by atoms with Gasteiger partial charge in [-0.15, -0.1) is 0 Å². The summed E-state index contributed by atoms with van der Waals surface area (Å²) in [4.78, 5) is 25.0. The van der Waals surface area contributed by atoms with E-state index in [4.69, 9.17) is 79.2 Å². The monoisotopic (exact) mass is 1960 g/mol. The van der Waals surface area contributed by atoms with Crippen LogP contribution in [0.4, 0.5) is 22.7 Å². The summed E-state index contributed by atoms with van der Waals surface area (Å²) in [5.41, 5.74) is 17.8. The number of sulfonamides is 2. The van der Waals surface area contributed by atoms with Gasteiger partial charge in [-0.3, -0.25) is 9.97 Å². The Labute approximate surface area is 799 Å². The lowest BCUT2D eigenvalue weighted by Crippen LogP contribution is -2.30. The zero-order valence-electron chi connectivity index (χ0n) is 74.9. The molecule has 0 aliphatic heterocycles. The van der Waals surface area contributed by atoms with Crippen LogP contribution in [-0.2, 0) is 72.4 Å². The Kier molecular flexibility index (Phi) is 31.4. The first-order valence-corrected chi connectivity index (χ1v) is 46.9. The molecule has 0 spiro atoms. The van der Waals surface area contributed by atoms with Crippen molar-refractivity contribution in [3.8, 4) is 73.9 Å². The number of methoxy groups -OCH3 is 8. The SMILES string of the molecule is COc1ccc(CN(Cc2ccc(OC)cc2)S(=O)(=O)c2ccc(I)cc2)cc1.[C-]#[N+]c1cc2c(-c3cncc(N(Cc4ccc(OC)cc4)Cc4ccc(OC)cc4)c3Cl)c[nH]c2cc1C.[C-]#[N+]c1cc2c(-c3cncc(N(Cc4ccc(OC)cc4)Cc4ccc(OC)cc4)c3Cl)cn(-c3ccc(S(=O)(=O)N(Cc4ccc(OC)cc4)Cc4ccc(OC)cc4)cc3)c2cc1C. The first-order valence-electron chi connectivity index (χ1n) is 42.1. The third-order valence-corrected chi connectivity index (χ3v) is 27.9. The molecule has 1 N–H and O–H groups in total. The average Bonchev–Trinajstić information content (AvgIpc) is 1.58. The van der Waals surface area contributed by atoms with Crippen LogP contribution in [0.5, 0.6) is 46.0 Å². The van der Waals surface area contributed by atoms with E-state index in [0.29, 0.717) is 64.7 Å². The van der Waals surface area contributed by atoms with Gasteiger partial charge in [-0.1, -0.05) is 120 Å². The smallest absolute Gasteiger partial charge is 0.243 e.